The lowest BCUT2D eigenvalue weighted by Gasteiger charge is -2.28. The van der Waals surface area contributed by atoms with E-state index in [0.717, 1.165) is 10.7 Å². The Bertz CT molecular complexity index is 456. The highest BCUT2D eigenvalue weighted by Gasteiger charge is 2.24. The number of rotatable bonds is 5. The number of hydrogen-bond acceptors (Lipinski definition) is 3. The molecule has 19 heavy (non-hydrogen) atoms. The third-order valence-electron chi connectivity index (χ3n) is 4.16. The van der Waals surface area contributed by atoms with Crippen molar-refractivity contribution in [2.45, 2.75) is 65.0 Å². The summed E-state index contributed by atoms with van der Waals surface area (Å²) in [6.07, 6.45) is 6.24. The molecule has 5 heteroatoms. The molecule has 0 spiro atoms. The summed E-state index contributed by atoms with van der Waals surface area (Å²) < 4.78 is 3.00. The van der Waals surface area contributed by atoms with E-state index in [-0.39, 0.29) is 0 Å². The zero-order valence-electron chi connectivity index (χ0n) is 12.5. The Morgan fingerprint density at radius 1 is 1.37 bits per heavy atom. The Kier molecular flexibility index (Phi) is 4.66. The Morgan fingerprint density at radius 2 is 2.00 bits per heavy atom. The number of hydrogen-bond donors (Lipinski definition) is 1. The highest BCUT2D eigenvalue weighted by Crippen LogP contribution is 2.33. The minimum atomic E-state index is 0.477. The van der Waals surface area contributed by atoms with Crippen molar-refractivity contribution in [2.75, 3.05) is 11.9 Å². The quantitative estimate of drug-likeness (QED) is 0.831. The van der Waals surface area contributed by atoms with Gasteiger partial charge in [0.15, 0.2) is 4.77 Å². The number of H-pyrrole nitrogens is 1. The van der Waals surface area contributed by atoms with Crippen LogP contribution in [-0.4, -0.2) is 27.9 Å². The minimum absolute atomic E-state index is 0.477. The van der Waals surface area contributed by atoms with Crippen molar-refractivity contribution < 1.29 is 0 Å². The summed E-state index contributed by atoms with van der Waals surface area (Å²) in [5.41, 5.74) is 0. The van der Waals surface area contributed by atoms with Gasteiger partial charge in [-0.2, -0.15) is 0 Å². The van der Waals surface area contributed by atoms with Gasteiger partial charge in [0.05, 0.1) is 0 Å². The highest BCUT2D eigenvalue weighted by atomic mass is 32.1. The van der Waals surface area contributed by atoms with E-state index in [1.165, 1.54) is 32.1 Å². The van der Waals surface area contributed by atoms with Crippen LogP contribution in [0.5, 0.6) is 0 Å². The van der Waals surface area contributed by atoms with Gasteiger partial charge in [0.25, 0.3) is 0 Å². The number of aromatic amines is 1. The standard InChI is InChI=1S/C14H26N4S/c1-10(2)9-11(3)17(4)13-15-16-14(19)18(13)12-7-5-6-8-12/h10-12H,5-9H2,1-4H3,(H,16,19). The van der Waals surface area contributed by atoms with E-state index in [2.05, 4.69) is 47.5 Å². The zero-order valence-corrected chi connectivity index (χ0v) is 13.3. The lowest BCUT2D eigenvalue weighted by atomic mass is 10.0. The molecule has 0 radical (unpaired) electrons. The summed E-state index contributed by atoms with van der Waals surface area (Å²) >= 11 is 5.42. The Balaban J connectivity index is 2.22. The van der Waals surface area contributed by atoms with Crippen molar-refractivity contribution in [1.29, 1.82) is 0 Å². The molecule has 1 heterocycles. The molecule has 0 saturated heterocycles. The number of anilines is 1. The summed E-state index contributed by atoms with van der Waals surface area (Å²) in [5, 5.41) is 7.44. The predicted octanol–water partition coefficient (Wildman–Crippen LogP) is 3.93. The monoisotopic (exact) mass is 282 g/mol. The molecule has 1 aromatic rings. The molecular weight excluding hydrogens is 256 g/mol. The van der Waals surface area contributed by atoms with Gasteiger partial charge in [-0.15, -0.1) is 5.10 Å². The molecular formula is C14H26N4S. The minimum Gasteiger partial charge on any atom is -0.341 e. The summed E-state index contributed by atoms with van der Waals surface area (Å²) in [6, 6.07) is 1.01. The molecule has 1 aromatic heterocycles. The first-order valence-electron chi connectivity index (χ1n) is 7.40. The van der Waals surface area contributed by atoms with Crippen molar-refractivity contribution in [3.05, 3.63) is 4.77 Å². The molecule has 1 aliphatic carbocycles. The molecule has 1 fully saturated rings. The van der Waals surface area contributed by atoms with Gasteiger partial charge in [-0.3, -0.25) is 4.57 Å². The molecule has 1 N–H and O–H groups in total. The second-order valence-electron chi connectivity index (χ2n) is 6.23. The largest absolute Gasteiger partial charge is 0.341 e. The maximum Gasteiger partial charge on any atom is 0.225 e. The Labute approximate surface area is 121 Å². The molecule has 108 valence electrons. The van der Waals surface area contributed by atoms with Gasteiger partial charge < -0.3 is 4.90 Å². The molecule has 1 saturated carbocycles. The second-order valence-corrected chi connectivity index (χ2v) is 6.61. The van der Waals surface area contributed by atoms with Crippen molar-refractivity contribution in [2.24, 2.45) is 5.92 Å². The lowest BCUT2D eigenvalue weighted by Crippen LogP contribution is -2.33. The molecule has 0 amide bonds. The number of nitrogens with zero attached hydrogens (tertiary/aromatic N) is 3. The van der Waals surface area contributed by atoms with Crippen molar-refractivity contribution in [1.82, 2.24) is 14.8 Å². The molecule has 1 unspecified atom stereocenters. The van der Waals surface area contributed by atoms with E-state index >= 15 is 0 Å². The molecule has 0 bridgehead atoms. The van der Waals surface area contributed by atoms with Crippen LogP contribution in [0.15, 0.2) is 0 Å². The SMILES string of the molecule is CC(C)CC(C)N(C)c1n[nH]c(=S)n1C1CCCC1. The Hall–Kier alpha value is -0.840. The maximum atomic E-state index is 5.42. The maximum absolute atomic E-state index is 5.42. The summed E-state index contributed by atoms with van der Waals surface area (Å²) in [4.78, 5) is 2.27. The topological polar surface area (TPSA) is 36.9 Å². The van der Waals surface area contributed by atoms with Crippen molar-refractivity contribution in [3.8, 4) is 0 Å². The van der Waals surface area contributed by atoms with Crippen LogP contribution in [-0.2, 0) is 0 Å². The van der Waals surface area contributed by atoms with Gasteiger partial charge in [0, 0.05) is 19.1 Å². The van der Waals surface area contributed by atoms with Crippen LogP contribution in [0.1, 0.15) is 58.9 Å². The number of aromatic nitrogens is 3. The first-order valence-corrected chi connectivity index (χ1v) is 7.81. The van der Waals surface area contributed by atoms with Crippen LogP contribution in [0.4, 0.5) is 5.95 Å². The van der Waals surface area contributed by atoms with Crippen LogP contribution in [0.2, 0.25) is 0 Å². The van der Waals surface area contributed by atoms with Crippen LogP contribution >= 0.6 is 12.2 Å². The molecule has 4 nitrogen and oxygen atoms in total. The predicted molar refractivity (Wildman–Crippen MR) is 82.2 cm³/mol. The first kappa shape index (κ1) is 14.6. The fraction of sp³-hybridized carbons (Fsp3) is 0.857. The van der Waals surface area contributed by atoms with Gasteiger partial charge in [0.2, 0.25) is 5.95 Å². The fourth-order valence-electron chi connectivity index (χ4n) is 3.07. The van der Waals surface area contributed by atoms with E-state index in [0.29, 0.717) is 18.0 Å². The second kappa shape index (κ2) is 6.07. The van der Waals surface area contributed by atoms with E-state index in [4.69, 9.17) is 12.2 Å². The first-order chi connectivity index (χ1) is 9.00. The summed E-state index contributed by atoms with van der Waals surface area (Å²) in [7, 11) is 2.13. The van der Waals surface area contributed by atoms with Gasteiger partial charge in [-0.25, -0.2) is 5.10 Å². The van der Waals surface area contributed by atoms with E-state index in [1.54, 1.807) is 0 Å². The van der Waals surface area contributed by atoms with Crippen LogP contribution < -0.4 is 4.90 Å². The van der Waals surface area contributed by atoms with Crippen molar-refractivity contribution in [3.63, 3.8) is 0 Å². The van der Waals surface area contributed by atoms with Crippen LogP contribution in [0.25, 0.3) is 0 Å². The van der Waals surface area contributed by atoms with Gasteiger partial charge in [0.1, 0.15) is 0 Å². The van der Waals surface area contributed by atoms with Gasteiger partial charge in [-0.05, 0) is 44.3 Å². The van der Waals surface area contributed by atoms with E-state index < -0.39 is 0 Å². The average Bonchev–Trinajstić information content (AvgIpc) is 2.95. The van der Waals surface area contributed by atoms with Gasteiger partial charge >= 0.3 is 0 Å². The lowest BCUT2D eigenvalue weighted by molar-refractivity contribution is 0.472. The van der Waals surface area contributed by atoms with Crippen LogP contribution in [0, 0.1) is 10.7 Å². The molecule has 0 aromatic carbocycles. The average molecular weight is 282 g/mol. The van der Waals surface area contributed by atoms with Gasteiger partial charge in [-0.1, -0.05) is 26.7 Å². The molecule has 0 aliphatic heterocycles. The van der Waals surface area contributed by atoms with Crippen LogP contribution in [0.3, 0.4) is 0 Å². The summed E-state index contributed by atoms with van der Waals surface area (Å²) in [5.74, 6) is 1.70. The third kappa shape index (κ3) is 3.19. The zero-order chi connectivity index (χ0) is 14.0. The molecule has 1 atom stereocenters. The van der Waals surface area contributed by atoms with Crippen molar-refractivity contribution >= 4 is 18.2 Å². The van der Waals surface area contributed by atoms with E-state index in [9.17, 15) is 0 Å². The molecule has 2 rings (SSSR count). The fourth-order valence-corrected chi connectivity index (χ4v) is 3.35. The number of nitrogens with one attached hydrogen (secondary N) is 1. The highest BCUT2D eigenvalue weighted by molar-refractivity contribution is 7.71. The summed E-state index contributed by atoms with van der Waals surface area (Å²) in [6.45, 7) is 6.79. The normalized spacial score (nSPS) is 18.2. The third-order valence-corrected chi connectivity index (χ3v) is 4.45. The smallest absolute Gasteiger partial charge is 0.225 e. The Morgan fingerprint density at radius 3 is 2.58 bits per heavy atom. The van der Waals surface area contributed by atoms with E-state index in [1.807, 2.05) is 0 Å². The molecule has 1 aliphatic rings.